The van der Waals surface area contributed by atoms with E-state index in [2.05, 4.69) is 18.4 Å². The Hall–Kier alpha value is -3.43. The summed E-state index contributed by atoms with van der Waals surface area (Å²) in [6, 6.07) is 11.2. The van der Waals surface area contributed by atoms with Gasteiger partial charge in [-0.25, -0.2) is 5.48 Å². The van der Waals surface area contributed by atoms with Crippen LogP contribution in [0.25, 0.3) is 5.57 Å². The zero-order valence-corrected chi connectivity index (χ0v) is 16.2. The van der Waals surface area contributed by atoms with Crippen LogP contribution < -0.4 is 19.7 Å². The molecule has 0 aromatic heterocycles. The van der Waals surface area contributed by atoms with Crippen molar-refractivity contribution in [3.05, 3.63) is 59.7 Å². The van der Waals surface area contributed by atoms with E-state index in [0.717, 1.165) is 16.7 Å². The average Bonchev–Trinajstić information content (AvgIpc) is 2.75. The minimum Gasteiger partial charge on any atom is -0.495 e. The van der Waals surface area contributed by atoms with E-state index in [0.29, 0.717) is 29.2 Å². The van der Waals surface area contributed by atoms with E-state index >= 15 is 0 Å². The van der Waals surface area contributed by atoms with Gasteiger partial charge in [-0.3, -0.25) is 10.0 Å². The molecular formula is C22H23NO5. The molecule has 0 bridgehead atoms. The molecule has 0 aliphatic rings. The minimum absolute atomic E-state index is 0.115. The summed E-state index contributed by atoms with van der Waals surface area (Å²) in [6.45, 7) is 4.19. The third kappa shape index (κ3) is 5.06. The number of hydrogen-bond donors (Lipinski definition) is 2. The monoisotopic (exact) mass is 381 g/mol. The van der Waals surface area contributed by atoms with Gasteiger partial charge >= 0.3 is 0 Å². The molecule has 2 aromatic carbocycles. The molecule has 2 aromatic rings. The molecule has 28 heavy (non-hydrogen) atoms. The van der Waals surface area contributed by atoms with Gasteiger partial charge in [0.15, 0.2) is 11.5 Å². The molecule has 0 unspecified atom stereocenters. The number of amides is 1. The van der Waals surface area contributed by atoms with Crippen LogP contribution in [0.1, 0.15) is 29.5 Å². The molecular weight excluding hydrogens is 358 g/mol. The van der Waals surface area contributed by atoms with Gasteiger partial charge in [0.05, 0.1) is 26.9 Å². The van der Waals surface area contributed by atoms with E-state index < -0.39 is 5.91 Å². The lowest BCUT2D eigenvalue weighted by Crippen LogP contribution is -2.17. The number of nitrogens with one attached hydrogen (secondary N) is 1. The average molecular weight is 381 g/mol. The van der Waals surface area contributed by atoms with Crippen molar-refractivity contribution in [2.45, 2.75) is 12.8 Å². The Kier molecular flexibility index (Phi) is 7.49. The van der Waals surface area contributed by atoms with Crippen molar-refractivity contribution < 1.29 is 24.2 Å². The maximum atomic E-state index is 11.1. The van der Waals surface area contributed by atoms with Crippen LogP contribution in [-0.2, 0) is 4.79 Å². The van der Waals surface area contributed by atoms with E-state index in [4.69, 9.17) is 19.4 Å². The molecule has 0 saturated carbocycles. The first-order valence-electron chi connectivity index (χ1n) is 8.55. The Balaban J connectivity index is 2.30. The fourth-order valence-corrected chi connectivity index (χ4v) is 2.57. The highest BCUT2D eigenvalue weighted by Gasteiger charge is 2.10. The standard InChI is InChI=1S/C22H23NO5/c1-15(17-10-12-20(27-3)21(14-17)28-4)16-9-11-19(26-2)18(13-16)7-5-6-8-22(24)23-25/h9-14,25H,1,6,8H2,2-4H3,(H,23,24). The summed E-state index contributed by atoms with van der Waals surface area (Å²) in [5, 5.41) is 8.52. The van der Waals surface area contributed by atoms with E-state index in [9.17, 15) is 4.79 Å². The van der Waals surface area contributed by atoms with Crippen molar-refractivity contribution in [1.82, 2.24) is 5.48 Å². The number of carbonyl (C=O) groups excluding carboxylic acids is 1. The van der Waals surface area contributed by atoms with Crippen molar-refractivity contribution in [3.8, 4) is 29.1 Å². The number of hydroxylamine groups is 1. The first-order chi connectivity index (χ1) is 13.5. The number of benzene rings is 2. The molecule has 6 nitrogen and oxygen atoms in total. The summed E-state index contributed by atoms with van der Waals surface area (Å²) in [5.41, 5.74) is 4.84. The van der Waals surface area contributed by atoms with Gasteiger partial charge in [-0.05, 0) is 41.0 Å². The van der Waals surface area contributed by atoms with E-state index in [-0.39, 0.29) is 6.42 Å². The molecule has 1 amide bonds. The summed E-state index contributed by atoms with van der Waals surface area (Å²) in [7, 11) is 4.75. The molecule has 0 spiro atoms. The SMILES string of the molecule is C=C(c1ccc(OC)c(C#CCCC(=O)NO)c1)c1ccc(OC)c(OC)c1. The third-order valence-electron chi connectivity index (χ3n) is 4.10. The second kappa shape index (κ2) is 10.0. The Morgan fingerprint density at radius 2 is 1.61 bits per heavy atom. The predicted octanol–water partition coefficient (Wildman–Crippen LogP) is 3.41. The molecule has 2 N–H and O–H groups in total. The van der Waals surface area contributed by atoms with Crippen LogP contribution in [0.4, 0.5) is 0 Å². The lowest BCUT2D eigenvalue weighted by molar-refractivity contribution is -0.129. The van der Waals surface area contributed by atoms with Crippen molar-refractivity contribution in [3.63, 3.8) is 0 Å². The molecule has 146 valence electrons. The van der Waals surface area contributed by atoms with Gasteiger partial charge in [0.1, 0.15) is 5.75 Å². The molecule has 0 fully saturated rings. The summed E-state index contributed by atoms with van der Waals surface area (Å²) >= 11 is 0. The highest BCUT2D eigenvalue weighted by molar-refractivity contribution is 5.80. The molecule has 6 heteroatoms. The lowest BCUT2D eigenvalue weighted by atomic mass is 9.97. The van der Waals surface area contributed by atoms with Crippen LogP contribution in [0.15, 0.2) is 43.0 Å². The smallest absolute Gasteiger partial charge is 0.244 e. The van der Waals surface area contributed by atoms with Crippen LogP contribution in [0.2, 0.25) is 0 Å². The lowest BCUT2D eigenvalue weighted by Gasteiger charge is -2.13. The fourth-order valence-electron chi connectivity index (χ4n) is 2.57. The van der Waals surface area contributed by atoms with Gasteiger partial charge in [-0.2, -0.15) is 0 Å². The third-order valence-corrected chi connectivity index (χ3v) is 4.10. The quantitative estimate of drug-likeness (QED) is 0.437. The zero-order valence-electron chi connectivity index (χ0n) is 16.2. The minimum atomic E-state index is -0.475. The Labute approximate surface area is 164 Å². The van der Waals surface area contributed by atoms with Crippen LogP contribution in [0, 0.1) is 11.8 Å². The van der Waals surface area contributed by atoms with Crippen molar-refractivity contribution in [2.75, 3.05) is 21.3 Å². The largest absolute Gasteiger partial charge is 0.495 e. The first kappa shape index (κ1) is 20.9. The highest BCUT2D eigenvalue weighted by Crippen LogP contribution is 2.33. The molecule has 0 saturated heterocycles. The van der Waals surface area contributed by atoms with Gasteiger partial charge in [0.2, 0.25) is 5.91 Å². The van der Waals surface area contributed by atoms with Crippen molar-refractivity contribution in [2.24, 2.45) is 0 Å². The number of rotatable bonds is 7. The van der Waals surface area contributed by atoms with Gasteiger partial charge in [-0.15, -0.1) is 0 Å². The normalized spacial score (nSPS) is 9.71. The molecule has 0 atom stereocenters. The summed E-state index contributed by atoms with van der Waals surface area (Å²) < 4.78 is 16.0. The fraction of sp³-hybridized carbons (Fsp3) is 0.227. The van der Waals surface area contributed by atoms with E-state index in [1.807, 2.05) is 36.4 Å². The summed E-state index contributed by atoms with van der Waals surface area (Å²) in [5.74, 6) is 7.34. The molecule has 0 heterocycles. The highest BCUT2D eigenvalue weighted by atomic mass is 16.5. The second-order valence-electron chi connectivity index (χ2n) is 5.80. The molecule has 0 radical (unpaired) electrons. The maximum absolute atomic E-state index is 11.1. The van der Waals surface area contributed by atoms with Gasteiger partial charge in [0.25, 0.3) is 0 Å². The Bertz CT molecular complexity index is 924. The topological polar surface area (TPSA) is 77.0 Å². The summed E-state index contributed by atoms with van der Waals surface area (Å²) in [6.07, 6.45) is 0.431. The van der Waals surface area contributed by atoms with E-state index in [1.165, 1.54) is 0 Å². The van der Waals surface area contributed by atoms with Crippen LogP contribution in [-0.4, -0.2) is 32.4 Å². The van der Waals surface area contributed by atoms with Crippen molar-refractivity contribution >= 4 is 11.5 Å². The number of hydrogen-bond acceptors (Lipinski definition) is 5. The Morgan fingerprint density at radius 3 is 2.21 bits per heavy atom. The molecule has 0 aliphatic heterocycles. The number of ether oxygens (including phenoxy) is 3. The maximum Gasteiger partial charge on any atom is 0.244 e. The summed E-state index contributed by atoms with van der Waals surface area (Å²) in [4.78, 5) is 11.1. The van der Waals surface area contributed by atoms with Gasteiger partial charge in [-0.1, -0.05) is 30.6 Å². The Morgan fingerprint density at radius 1 is 1.00 bits per heavy atom. The van der Waals surface area contributed by atoms with Crippen LogP contribution >= 0.6 is 0 Å². The number of methoxy groups -OCH3 is 3. The second-order valence-corrected chi connectivity index (χ2v) is 5.80. The van der Waals surface area contributed by atoms with E-state index in [1.54, 1.807) is 26.8 Å². The first-order valence-corrected chi connectivity index (χ1v) is 8.55. The molecule has 0 aliphatic carbocycles. The zero-order chi connectivity index (χ0) is 20.5. The van der Waals surface area contributed by atoms with Crippen LogP contribution in [0.5, 0.6) is 17.2 Å². The van der Waals surface area contributed by atoms with Gasteiger partial charge < -0.3 is 14.2 Å². The van der Waals surface area contributed by atoms with Crippen molar-refractivity contribution in [1.29, 1.82) is 0 Å². The van der Waals surface area contributed by atoms with Gasteiger partial charge in [0, 0.05) is 12.8 Å². The van der Waals surface area contributed by atoms with Crippen LogP contribution in [0.3, 0.4) is 0 Å². The number of carbonyl (C=O) groups is 1. The molecule has 2 rings (SSSR count). The predicted molar refractivity (Wildman–Crippen MR) is 107 cm³/mol.